The molecule has 0 heterocycles. The first-order valence-corrected chi connectivity index (χ1v) is 7.92. The van der Waals surface area contributed by atoms with E-state index in [2.05, 4.69) is 5.32 Å². The number of para-hydroxylation sites is 2. The van der Waals surface area contributed by atoms with E-state index < -0.39 is 29.3 Å². The van der Waals surface area contributed by atoms with E-state index in [1.54, 1.807) is 24.3 Å². The fourth-order valence-electron chi connectivity index (χ4n) is 2.40. The molecular formula is C18H18N2O7. The number of amides is 1. The number of nitrogens with one attached hydrogen (secondary N) is 1. The maximum absolute atomic E-state index is 12.2. The normalized spacial score (nSPS) is 11.3. The molecule has 9 nitrogen and oxygen atoms in total. The molecule has 0 fully saturated rings. The Kier molecular flexibility index (Phi) is 6.70. The first kappa shape index (κ1) is 19.7. The monoisotopic (exact) mass is 374 g/mol. The number of benzene rings is 2. The van der Waals surface area contributed by atoms with Crippen molar-refractivity contribution in [3.05, 3.63) is 64.2 Å². The van der Waals surface area contributed by atoms with Gasteiger partial charge >= 0.3 is 5.97 Å². The van der Waals surface area contributed by atoms with Gasteiger partial charge in [0.15, 0.2) is 18.1 Å². The number of carboxylic acid groups (broad SMARTS) is 1. The number of carboxylic acids is 1. The minimum absolute atomic E-state index is 0.192. The molecule has 27 heavy (non-hydrogen) atoms. The second-order valence-corrected chi connectivity index (χ2v) is 5.51. The van der Waals surface area contributed by atoms with E-state index in [9.17, 15) is 19.7 Å². The third-order valence-corrected chi connectivity index (χ3v) is 3.63. The zero-order chi connectivity index (χ0) is 19.8. The van der Waals surface area contributed by atoms with E-state index in [1.165, 1.54) is 31.4 Å². The Morgan fingerprint density at radius 3 is 2.52 bits per heavy atom. The average molecular weight is 374 g/mol. The molecule has 1 atom stereocenters. The van der Waals surface area contributed by atoms with Crippen molar-refractivity contribution < 1.29 is 29.1 Å². The van der Waals surface area contributed by atoms with Gasteiger partial charge in [-0.25, -0.2) is 0 Å². The highest BCUT2D eigenvalue weighted by Gasteiger charge is 2.20. The summed E-state index contributed by atoms with van der Waals surface area (Å²) < 4.78 is 10.5. The Morgan fingerprint density at radius 2 is 1.89 bits per heavy atom. The Bertz CT molecular complexity index is 838. The van der Waals surface area contributed by atoms with Gasteiger partial charge in [-0.05, 0) is 17.7 Å². The minimum atomic E-state index is -1.16. The highest BCUT2D eigenvalue weighted by atomic mass is 16.6. The SMILES string of the molecule is COc1ccccc1OCC(=O)N[C@H](CC(=O)O)c1cccc([N+](=O)[O-])c1. The van der Waals surface area contributed by atoms with Crippen molar-refractivity contribution in [2.45, 2.75) is 12.5 Å². The number of nitrogens with zero attached hydrogens (tertiary/aromatic N) is 1. The number of carbonyl (C=O) groups excluding carboxylic acids is 1. The number of aliphatic carboxylic acids is 1. The van der Waals surface area contributed by atoms with E-state index in [1.807, 2.05) is 0 Å². The molecule has 0 aliphatic carbocycles. The van der Waals surface area contributed by atoms with Crippen LogP contribution in [0.1, 0.15) is 18.0 Å². The van der Waals surface area contributed by atoms with Crippen LogP contribution in [0, 0.1) is 10.1 Å². The number of ether oxygens (including phenoxy) is 2. The van der Waals surface area contributed by atoms with Crippen LogP contribution in [0.25, 0.3) is 0 Å². The summed E-state index contributed by atoms with van der Waals surface area (Å²) in [6.07, 6.45) is -0.429. The summed E-state index contributed by atoms with van der Waals surface area (Å²) in [5.41, 5.74) is 0.125. The van der Waals surface area contributed by atoms with Gasteiger partial charge in [0, 0.05) is 12.1 Å². The van der Waals surface area contributed by atoms with Crippen LogP contribution in [-0.4, -0.2) is 35.6 Å². The van der Waals surface area contributed by atoms with Crippen molar-refractivity contribution in [3.63, 3.8) is 0 Å². The van der Waals surface area contributed by atoms with E-state index in [0.29, 0.717) is 17.1 Å². The van der Waals surface area contributed by atoms with Gasteiger partial charge in [-0.2, -0.15) is 0 Å². The van der Waals surface area contributed by atoms with Gasteiger partial charge in [-0.3, -0.25) is 19.7 Å². The van der Waals surface area contributed by atoms with Gasteiger partial charge in [0.1, 0.15) is 0 Å². The van der Waals surface area contributed by atoms with Crippen LogP contribution < -0.4 is 14.8 Å². The molecule has 0 radical (unpaired) electrons. The maximum Gasteiger partial charge on any atom is 0.305 e. The molecule has 0 aliphatic heterocycles. The molecule has 1 amide bonds. The zero-order valence-electron chi connectivity index (χ0n) is 14.5. The molecule has 9 heteroatoms. The smallest absolute Gasteiger partial charge is 0.305 e. The molecule has 0 saturated carbocycles. The standard InChI is InChI=1S/C18H18N2O7/c1-26-15-7-2-3-8-16(15)27-11-17(21)19-14(10-18(22)23)12-5-4-6-13(9-12)20(24)25/h2-9,14H,10-11H2,1H3,(H,19,21)(H,22,23)/t14-/m1/s1. The van der Waals surface area contributed by atoms with E-state index in [0.717, 1.165) is 0 Å². The van der Waals surface area contributed by atoms with Crippen molar-refractivity contribution in [2.24, 2.45) is 0 Å². The second-order valence-electron chi connectivity index (χ2n) is 5.51. The molecule has 0 aromatic heterocycles. The molecule has 142 valence electrons. The molecular weight excluding hydrogens is 356 g/mol. The molecule has 2 rings (SSSR count). The van der Waals surface area contributed by atoms with Crippen LogP contribution in [0.5, 0.6) is 11.5 Å². The number of nitro benzene ring substituents is 1. The number of rotatable bonds is 9. The summed E-state index contributed by atoms with van der Waals surface area (Å²) in [7, 11) is 1.47. The lowest BCUT2D eigenvalue weighted by molar-refractivity contribution is -0.384. The Morgan fingerprint density at radius 1 is 1.19 bits per heavy atom. The van der Waals surface area contributed by atoms with E-state index in [4.69, 9.17) is 14.6 Å². The lowest BCUT2D eigenvalue weighted by Gasteiger charge is -2.18. The summed E-state index contributed by atoms with van der Waals surface area (Å²) in [6, 6.07) is 11.3. The number of non-ortho nitro benzene ring substituents is 1. The molecule has 0 saturated heterocycles. The molecule has 0 spiro atoms. The predicted molar refractivity (Wildman–Crippen MR) is 94.7 cm³/mol. The highest BCUT2D eigenvalue weighted by molar-refractivity contribution is 5.79. The maximum atomic E-state index is 12.2. The Hall–Kier alpha value is -3.62. The topological polar surface area (TPSA) is 128 Å². The van der Waals surface area contributed by atoms with Crippen LogP contribution >= 0.6 is 0 Å². The summed E-state index contributed by atoms with van der Waals surface area (Å²) >= 11 is 0. The second kappa shape index (κ2) is 9.18. The van der Waals surface area contributed by atoms with Gasteiger partial charge < -0.3 is 19.9 Å². The fourth-order valence-corrected chi connectivity index (χ4v) is 2.40. The van der Waals surface area contributed by atoms with E-state index >= 15 is 0 Å². The summed E-state index contributed by atoms with van der Waals surface area (Å²) in [6.45, 7) is -0.370. The third kappa shape index (κ3) is 5.70. The first-order chi connectivity index (χ1) is 12.9. The molecule has 2 N–H and O–H groups in total. The predicted octanol–water partition coefficient (Wildman–Crippen LogP) is 2.31. The lowest BCUT2D eigenvalue weighted by atomic mass is 10.0. The summed E-state index contributed by atoms with van der Waals surface area (Å²) in [5.74, 6) is -0.914. The van der Waals surface area contributed by atoms with Crippen LogP contribution in [0.3, 0.4) is 0 Å². The van der Waals surface area contributed by atoms with Crippen molar-refractivity contribution in [2.75, 3.05) is 13.7 Å². The summed E-state index contributed by atoms with van der Waals surface area (Å²) in [5, 5.41) is 22.5. The highest BCUT2D eigenvalue weighted by Crippen LogP contribution is 2.26. The average Bonchev–Trinajstić information content (AvgIpc) is 2.65. The number of methoxy groups -OCH3 is 1. The molecule has 0 unspecified atom stereocenters. The van der Waals surface area contributed by atoms with Crippen LogP contribution in [0.15, 0.2) is 48.5 Å². The fraction of sp³-hybridized carbons (Fsp3) is 0.222. The Balaban J connectivity index is 2.09. The lowest BCUT2D eigenvalue weighted by Crippen LogP contribution is -2.34. The van der Waals surface area contributed by atoms with Gasteiger partial charge in [0.05, 0.1) is 24.5 Å². The number of hydrogen-bond acceptors (Lipinski definition) is 6. The van der Waals surface area contributed by atoms with Crippen molar-refractivity contribution >= 4 is 17.6 Å². The molecule has 0 bridgehead atoms. The number of hydrogen-bond donors (Lipinski definition) is 2. The largest absolute Gasteiger partial charge is 0.493 e. The molecule has 0 aliphatic rings. The number of carbonyl (C=O) groups is 2. The van der Waals surface area contributed by atoms with Gasteiger partial charge in [-0.1, -0.05) is 24.3 Å². The minimum Gasteiger partial charge on any atom is -0.493 e. The number of nitro groups is 1. The van der Waals surface area contributed by atoms with Crippen molar-refractivity contribution in [1.82, 2.24) is 5.32 Å². The molecule has 2 aromatic carbocycles. The van der Waals surface area contributed by atoms with Gasteiger partial charge in [-0.15, -0.1) is 0 Å². The first-order valence-electron chi connectivity index (χ1n) is 7.92. The van der Waals surface area contributed by atoms with Crippen molar-refractivity contribution in [1.29, 1.82) is 0 Å². The van der Waals surface area contributed by atoms with Crippen LogP contribution in [0.4, 0.5) is 5.69 Å². The van der Waals surface area contributed by atoms with Gasteiger partial charge in [0.2, 0.25) is 0 Å². The Labute approximate surface area is 154 Å². The van der Waals surface area contributed by atoms with Crippen LogP contribution in [0.2, 0.25) is 0 Å². The quantitative estimate of drug-likeness (QED) is 0.509. The zero-order valence-corrected chi connectivity index (χ0v) is 14.5. The molecule has 2 aromatic rings. The van der Waals surface area contributed by atoms with Crippen LogP contribution in [-0.2, 0) is 9.59 Å². The van der Waals surface area contributed by atoms with Gasteiger partial charge in [0.25, 0.3) is 11.6 Å². The van der Waals surface area contributed by atoms with E-state index in [-0.39, 0.29) is 12.3 Å². The van der Waals surface area contributed by atoms with Crippen molar-refractivity contribution in [3.8, 4) is 11.5 Å². The summed E-state index contributed by atoms with van der Waals surface area (Å²) in [4.78, 5) is 33.6. The third-order valence-electron chi connectivity index (χ3n) is 3.63.